The zero-order valence-corrected chi connectivity index (χ0v) is 12.1. The van der Waals surface area contributed by atoms with Gasteiger partial charge in [-0.25, -0.2) is 0 Å². The van der Waals surface area contributed by atoms with Gasteiger partial charge in [-0.2, -0.15) is 5.10 Å². The number of hydrogen-bond donors (Lipinski definition) is 2. The Morgan fingerprint density at radius 1 is 1.53 bits per heavy atom. The Bertz CT molecular complexity index is 466. The topological polar surface area (TPSA) is 72.9 Å². The molecule has 106 valence electrons. The van der Waals surface area contributed by atoms with E-state index in [9.17, 15) is 4.79 Å². The lowest BCUT2D eigenvalue weighted by Gasteiger charge is -2.26. The first-order chi connectivity index (χ1) is 8.99. The zero-order chi connectivity index (χ0) is 14.0. The average molecular weight is 264 g/mol. The van der Waals surface area contributed by atoms with E-state index in [0.29, 0.717) is 23.0 Å². The molecule has 0 radical (unpaired) electrons. The van der Waals surface area contributed by atoms with Crippen LogP contribution in [-0.2, 0) is 7.05 Å². The molecule has 0 aliphatic heterocycles. The largest absolute Gasteiger partial charge is 0.395 e. The van der Waals surface area contributed by atoms with Crippen molar-refractivity contribution in [2.24, 2.45) is 18.9 Å². The van der Waals surface area contributed by atoms with Crippen LogP contribution in [0.2, 0.25) is 0 Å². The Kier molecular flexibility index (Phi) is 4.12. The number of aryl methyl sites for hydroxylation is 2. The molecule has 0 spiro atoms. The van der Waals surface area contributed by atoms with Crippen molar-refractivity contribution in [3.63, 3.8) is 0 Å². The highest BCUT2D eigenvalue weighted by atomic mass is 16.2. The molecule has 2 rings (SSSR count). The maximum absolute atomic E-state index is 12.2. The Morgan fingerprint density at radius 3 is 2.84 bits per heavy atom. The normalized spacial score (nSPS) is 23.3. The number of anilines is 1. The molecule has 2 unspecified atom stereocenters. The van der Waals surface area contributed by atoms with Crippen molar-refractivity contribution >= 4 is 11.6 Å². The van der Waals surface area contributed by atoms with Crippen molar-refractivity contribution in [3.8, 4) is 0 Å². The third-order valence-corrected chi connectivity index (χ3v) is 4.08. The van der Waals surface area contributed by atoms with Crippen molar-refractivity contribution in [2.75, 3.05) is 12.3 Å². The Hall–Kier alpha value is -1.52. The van der Waals surface area contributed by atoms with E-state index in [-0.39, 0.29) is 5.91 Å². The minimum atomic E-state index is -0.112. The quantitative estimate of drug-likeness (QED) is 0.875. The summed E-state index contributed by atoms with van der Waals surface area (Å²) in [5.74, 6) is 1.27. The lowest BCUT2D eigenvalue weighted by molar-refractivity contribution is 0.0932. The van der Waals surface area contributed by atoms with Crippen molar-refractivity contribution < 1.29 is 4.79 Å². The van der Waals surface area contributed by atoms with Gasteiger partial charge in [0, 0.05) is 13.6 Å². The Labute approximate surface area is 114 Å². The number of aromatic nitrogens is 2. The van der Waals surface area contributed by atoms with Gasteiger partial charge in [0.05, 0.1) is 11.4 Å². The third kappa shape index (κ3) is 3.08. The number of nitrogens with one attached hydrogen (secondary N) is 1. The molecule has 0 saturated heterocycles. The molecule has 1 aromatic heterocycles. The molecule has 0 aromatic carbocycles. The van der Waals surface area contributed by atoms with Crippen LogP contribution in [0.25, 0.3) is 0 Å². The number of carbonyl (C=O) groups is 1. The van der Waals surface area contributed by atoms with Crippen molar-refractivity contribution in [1.82, 2.24) is 15.1 Å². The van der Waals surface area contributed by atoms with Crippen LogP contribution in [0, 0.1) is 18.8 Å². The van der Waals surface area contributed by atoms with Gasteiger partial charge in [0.15, 0.2) is 0 Å². The van der Waals surface area contributed by atoms with E-state index in [0.717, 1.165) is 12.5 Å². The fourth-order valence-electron chi connectivity index (χ4n) is 3.01. The first-order valence-corrected chi connectivity index (χ1v) is 7.06. The molecule has 1 aliphatic carbocycles. The second-order valence-corrected chi connectivity index (χ2v) is 5.82. The summed E-state index contributed by atoms with van der Waals surface area (Å²) in [5, 5.41) is 7.17. The van der Waals surface area contributed by atoms with E-state index in [1.807, 2.05) is 6.92 Å². The van der Waals surface area contributed by atoms with Crippen molar-refractivity contribution in [2.45, 2.75) is 39.5 Å². The summed E-state index contributed by atoms with van der Waals surface area (Å²) < 4.78 is 1.56. The molecule has 1 heterocycles. The standard InChI is InChI=1S/C14H24N4O/c1-9-5-4-6-11(7-9)8-16-14(19)13-12(15)10(2)17-18(13)3/h9,11H,4-8,15H2,1-3H3,(H,16,19). The number of nitrogens with zero attached hydrogens (tertiary/aromatic N) is 2. The fourth-order valence-corrected chi connectivity index (χ4v) is 3.01. The molecule has 5 nitrogen and oxygen atoms in total. The summed E-state index contributed by atoms with van der Waals surface area (Å²) in [6, 6.07) is 0. The van der Waals surface area contributed by atoms with Crippen LogP contribution in [0.3, 0.4) is 0 Å². The lowest BCUT2D eigenvalue weighted by atomic mass is 9.82. The molecule has 1 aromatic rings. The SMILES string of the molecule is Cc1nn(C)c(C(=O)NCC2CCCC(C)C2)c1N. The van der Waals surface area contributed by atoms with Crippen LogP contribution in [0.5, 0.6) is 0 Å². The Balaban J connectivity index is 1.94. The second-order valence-electron chi connectivity index (χ2n) is 5.82. The Morgan fingerprint density at radius 2 is 2.26 bits per heavy atom. The van der Waals surface area contributed by atoms with E-state index in [1.54, 1.807) is 11.7 Å². The van der Waals surface area contributed by atoms with E-state index >= 15 is 0 Å². The monoisotopic (exact) mass is 264 g/mol. The van der Waals surface area contributed by atoms with Crippen LogP contribution in [-0.4, -0.2) is 22.2 Å². The summed E-state index contributed by atoms with van der Waals surface area (Å²) in [6.45, 7) is 4.85. The molecule has 2 atom stereocenters. The summed E-state index contributed by atoms with van der Waals surface area (Å²) in [7, 11) is 1.75. The van der Waals surface area contributed by atoms with Crippen LogP contribution in [0.1, 0.15) is 48.8 Å². The molecule has 1 saturated carbocycles. The van der Waals surface area contributed by atoms with Crippen molar-refractivity contribution in [3.05, 3.63) is 11.4 Å². The van der Waals surface area contributed by atoms with E-state index in [4.69, 9.17) is 5.73 Å². The maximum atomic E-state index is 12.2. The van der Waals surface area contributed by atoms with E-state index < -0.39 is 0 Å². The number of hydrogen-bond acceptors (Lipinski definition) is 3. The molecule has 1 aliphatic rings. The summed E-state index contributed by atoms with van der Waals surface area (Å²) in [5.41, 5.74) is 7.56. The van der Waals surface area contributed by atoms with Crippen LogP contribution in [0.15, 0.2) is 0 Å². The molecule has 0 bridgehead atoms. The maximum Gasteiger partial charge on any atom is 0.271 e. The number of carbonyl (C=O) groups excluding carboxylic acids is 1. The highest BCUT2D eigenvalue weighted by Crippen LogP contribution is 2.28. The smallest absolute Gasteiger partial charge is 0.271 e. The van der Waals surface area contributed by atoms with Gasteiger partial charge in [-0.15, -0.1) is 0 Å². The highest BCUT2D eigenvalue weighted by molar-refractivity contribution is 5.97. The second kappa shape index (κ2) is 5.63. The van der Waals surface area contributed by atoms with Gasteiger partial charge in [0.2, 0.25) is 0 Å². The van der Waals surface area contributed by atoms with Crippen LogP contribution < -0.4 is 11.1 Å². The molecule has 1 fully saturated rings. The average Bonchev–Trinajstić information content (AvgIpc) is 2.61. The minimum absolute atomic E-state index is 0.112. The highest BCUT2D eigenvalue weighted by Gasteiger charge is 2.22. The van der Waals surface area contributed by atoms with Gasteiger partial charge in [-0.1, -0.05) is 19.8 Å². The first kappa shape index (κ1) is 13.9. The third-order valence-electron chi connectivity index (χ3n) is 4.08. The summed E-state index contributed by atoms with van der Waals surface area (Å²) in [4.78, 5) is 12.2. The van der Waals surface area contributed by atoms with Gasteiger partial charge in [-0.3, -0.25) is 9.48 Å². The zero-order valence-electron chi connectivity index (χ0n) is 12.1. The van der Waals surface area contributed by atoms with Gasteiger partial charge in [0.25, 0.3) is 5.91 Å². The fraction of sp³-hybridized carbons (Fsp3) is 0.714. The molecule has 3 N–H and O–H groups in total. The molecular formula is C14H24N4O. The van der Waals surface area contributed by atoms with Gasteiger partial charge in [-0.05, 0) is 31.6 Å². The minimum Gasteiger partial charge on any atom is -0.395 e. The van der Waals surface area contributed by atoms with E-state index in [2.05, 4.69) is 17.3 Å². The molecule has 5 heteroatoms. The van der Waals surface area contributed by atoms with Gasteiger partial charge < -0.3 is 11.1 Å². The predicted molar refractivity (Wildman–Crippen MR) is 75.8 cm³/mol. The molecule has 1 amide bonds. The van der Waals surface area contributed by atoms with Crippen LogP contribution >= 0.6 is 0 Å². The first-order valence-electron chi connectivity index (χ1n) is 7.06. The van der Waals surface area contributed by atoms with E-state index in [1.165, 1.54) is 25.7 Å². The number of amides is 1. The number of rotatable bonds is 3. The number of nitrogens with two attached hydrogens (primary N) is 1. The van der Waals surface area contributed by atoms with Gasteiger partial charge in [0.1, 0.15) is 5.69 Å². The predicted octanol–water partition coefficient (Wildman–Crippen LogP) is 1.87. The van der Waals surface area contributed by atoms with Crippen LogP contribution in [0.4, 0.5) is 5.69 Å². The summed E-state index contributed by atoms with van der Waals surface area (Å²) in [6.07, 6.45) is 5.01. The lowest BCUT2D eigenvalue weighted by Crippen LogP contribution is -2.33. The van der Waals surface area contributed by atoms with Gasteiger partial charge >= 0.3 is 0 Å². The summed E-state index contributed by atoms with van der Waals surface area (Å²) >= 11 is 0. The molecule has 19 heavy (non-hydrogen) atoms. The number of nitrogen functional groups attached to an aromatic ring is 1. The van der Waals surface area contributed by atoms with Crippen molar-refractivity contribution in [1.29, 1.82) is 0 Å². The molecular weight excluding hydrogens is 240 g/mol.